The summed E-state index contributed by atoms with van der Waals surface area (Å²) in [5.74, 6) is 0.253. The second-order valence-corrected chi connectivity index (χ2v) is 3.80. The van der Waals surface area contributed by atoms with E-state index in [0.717, 1.165) is 0 Å². The first kappa shape index (κ1) is 12.5. The normalized spacial score (nSPS) is 14.2. The van der Waals surface area contributed by atoms with Crippen LogP contribution in [0.5, 0.6) is 5.75 Å². The van der Waals surface area contributed by atoms with Crippen LogP contribution in [0.25, 0.3) is 0 Å². The number of nitrogens with two attached hydrogens (primary N) is 1. The van der Waals surface area contributed by atoms with Crippen molar-refractivity contribution in [2.45, 2.75) is 25.4 Å². The lowest BCUT2D eigenvalue weighted by Gasteiger charge is -2.20. The van der Waals surface area contributed by atoms with E-state index in [4.69, 9.17) is 10.5 Å². The Morgan fingerprint density at radius 1 is 1.62 bits per heavy atom. The number of esters is 1. The molecule has 1 aromatic heterocycles. The zero-order chi connectivity index (χ0) is 12.2. The van der Waals surface area contributed by atoms with Crippen LogP contribution in [0.1, 0.15) is 13.3 Å². The molecule has 0 radical (unpaired) electrons. The van der Waals surface area contributed by atoms with Gasteiger partial charge in [-0.1, -0.05) is 0 Å². The average Bonchev–Trinajstić information content (AvgIpc) is 2.73. The maximum absolute atomic E-state index is 11.3. The van der Waals surface area contributed by atoms with E-state index in [0.29, 0.717) is 18.7 Å². The van der Waals surface area contributed by atoms with Gasteiger partial charge in [0.1, 0.15) is 5.54 Å². The number of aromatic nitrogens is 2. The van der Waals surface area contributed by atoms with E-state index in [1.807, 2.05) is 0 Å². The summed E-state index contributed by atoms with van der Waals surface area (Å²) in [7, 11) is 2.90. The van der Waals surface area contributed by atoms with Gasteiger partial charge in [0.05, 0.1) is 26.6 Å². The van der Waals surface area contributed by atoms with Crippen LogP contribution in [0, 0.1) is 0 Å². The highest BCUT2D eigenvalue weighted by Gasteiger charge is 2.29. The molecule has 0 bridgehead atoms. The van der Waals surface area contributed by atoms with Gasteiger partial charge < -0.3 is 15.2 Å². The van der Waals surface area contributed by atoms with Crippen molar-refractivity contribution in [3.63, 3.8) is 0 Å². The lowest BCUT2D eigenvalue weighted by molar-refractivity contribution is -0.146. The highest BCUT2D eigenvalue weighted by molar-refractivity contribution is 5.79. The molecule has 0 aliphatic carbocycles. The lowest BCUT2D eigenvalue weighted by atomic mass is 10.00. The smallest absolute Gasteiger partial charge is 0.325 e. The topological polar surface area (TPSA) is 79.4 Å². The molecule has 1 rings (SSSR count). The van der Waals surface area contributed by atoms with Crippen LogP contribution in [0.2, 0.25) is 0 Å². The summed E-state index contributed by atoms with van der Waals surface area (Å²) in [6.07, 6.45) is 3.80. The summed E-state index contributed by atoms with van der Waals surface area (Å²) in [5, 5.41) is 4.06. The van der Waals surface area contributed by atoms with E-state index in [2.05, 4.69) is 9.84 Å². The van der Waals surface area contributed by atoms with Crippen molar-refractivity contribution in [3.8, 4) is 5.75 Å². The predicted molar refractivity (Wildman–Crippen MR) is 58.0 cm³/mol. The van der Waals surface area contributed by atoms with Crippen molar-refractivity contribution in [3.05, 3.63) is 12.4 Å². The van der Waals surface area contributed by atoms with E-state index in [-0.39, 0.29) is 0 Å². The van der Waals surface area contributed by atoms with Crippen molar-refractivity contribution in [1.29, 1.82) is 0 Å². The van der Waals surface area contributed by atoms with Gasteiger partial charge in [-0.3, -0.25) is 9.48 Å². The maximum Gasteiger partial charge on any atom is 0.325 e. The molecule has 6 nitrogen and oxygen atoms in total. The minimum Gasteiger partial charge on any atom is -0.493 e. The second-order valence-electron chi connectivity index (χ2n) is 3.80. The van der Waals surface area contributed by atoms with Gasteiger partial charge >= 0.3 is 5.97 Å². The van der Waals surface area contributed by atoms with Crippen molar-refractivity contribution < 1.29 is 14.3 Å². The Kier molecular flexibility index (Phi) is 3.89. The summed E-state index contributed by atoms with van der Waals surface area (Å²) >= 11 is 0. The Labute approximate surface area is 94.3 Å². The first-order chi connectivity index (χ1) is 7.49. The number of methoxy groups -OCH3 is 2. The molecule has 1 aromatic rings. The highest BCUT2D eigenvalue weighted by Crippen LogP contribution is 2.12. The van der Waals surface area contributed by atoms with Crippen LogP contribution in [0.3, 0.4) is 0 Å². The Bertz CT molecular complexity index is 360. The van der Waals surface area contributed by atoms with Crippen molar-refractivity contribution in [2.75, 3.05) is 14.2 Å². The molecule has 0 fully saturated rings. The third-order valence-corrected chi connectivity index (χ3v) is 2.36. The molecule has 0 aliphatic heterocycles. The number of nitrogens with zero attached hydrogens (tertiary/aromatic N) is 2. The van der Waals surface area contributed by atoms with Gasteiger partial charge in [0, 0.05) is 6.54 Å². The molecule has 0 spiro atoms. The zero-order valence-electron chi connectivity index (χ0n) is 9.77. The minimum atomic E-state index is -0.992. The number of carbonyl (C=O) groups excluding carboxylic acids is 1. The molecule has 0 aromatic carbocycles. The van der Waals surface area contributed by atoms with Crippen molar-refractivity contribution in [2.24, 2.45) is 5.73 Å². The molecule has 2 N–H and O–H groups in total. The zero-order valence-corrected chi connectivity index (χ0v) is 9.77. The predicted octanol–water partition coefficient (Wildman–Crippen LogP) is 0.172. The molecular weight excluding hydrogens is 210 g/mol. The van der Waals surface area contributed by atoms with Gasteiger partial charge in [-0.05, 0) is 13.3 Å². The van der Waals surface area contributed by atoms with Gasteiger partial charge in [0.15, 0.2) is 5.75 Å². The number of aryl methyl sites for hydroxylation is 1. The third-order valence-electron chi connectivity index (χ3n) is 2.36. The lowest BCUT2D eigenvalue weighted by Crippen LogP contribution is -2.46. The average molecular weight is 227 g/mol. The minimum absolute atomic E-state index is 0.424. The van der Waals surface area contributed by atoms with Crippen LogP contribution in [-0.2, 0) is 16.1 Å². The summed E-state index contributed by atoms with van der Waals surface area (Å²) < 4.78 is 11.3. The summed E-state index contributed by atoms with van der Waals surface area (Å²) in [6, 6.07) is 0. The highest BCUT2D eigenvalue weighted by atomic mass is 16.5. The molecule has 16 heavy (non-hydrogen) atoms. The van der Waals surface area contributed by atoms with E-state index in [1.165, 1.54) is 7.11 Å². The molecule has 1 unspecified atom stereocenters. The van der Waals surface area contributed by atoms with Gasteiger partial charge in [-0.25, -0.2) is 0 Å². The standard InChI is InChI=1S/C10H17N3O3/c1-10(11,9(14)16-3)4-5-13-7-8(15-2)6-12-13/h6-7H,4-5,11H2,1-3H3. The van der Waals surface area contributed by atoms with Crippen molar-refractivity contribution in [1.82, 2.24) is 9.78 Å². The second kappa shape index (κ2) is 4.98. The van der Waals surface area contributed by atoms with Crippen molar-refractivity contribution >= 4 is 5.97 Å². The molecule has 1 atom stereocenters. The van der Waals surface area contributed by atoms with Crippen LogP contribution in [-0.4, -0.2) is 35.5 Å². The van der Waals surface area contributed by atoms with Gasteiger partial charge in [-0.2, -0.15) is 5.10 Å². The monoisotopic (exact) mass is 227 g/mol. The molecular formula is C10H17N3O3. The van der Waals surface area contributed by atoms with Crippen LogP contribution in [0.4, 0.5) is 0 Å². The third kappa shape index (κ3) is 2.96. The van der Waals surface area contributed by atoms with Crippen LogP contribution >= 0.6 is 0 Å². The summed E-state index contributed by atoms with van der Waals surface area (Å²) in [6.45, 7) is 2.17. The van der Waals surface area contributed by atoms with E-state index >= 15 is 0 Å². The van der Waals surface area contributed by atoms with E-state index in [1.54, 1.807) is 31.1 Å². The number of hydrogen-bond donors (Lipinski definition) is 1. The first-order valence-corrected chi connectivity index (χ1v) is 4.93. The quantitative estimate of drug-likeness (QED) is 0.725. The Morgan fingerprint density at radius 3 is 2.81 bits per heavy atom. The first-order valence-electron chi connectivity index (χ1n) is 4.93. The van der Waals surface area contributed by atoms with Crippen LogP contribution in [0.15, 0.2) is 12.4 Å². The summed E-state index contributed by atoms with van der Waals surface area (Å²) in [5.41, 5.74) is 4.82. The Morgan fingerprint density at radius 2 is 2.31 bits per heavy atom. The van der Waals surface area contributed by atoms with Crippen LogP contribution < -0.4 is 10.5 Å². The molecule has 1 heterocycles. The fraction of sp³-hybridized carbons (Fsp3) is 0.600. The van der Waals surface area contributed by atoms with E-state index < -0.39 is 11.5 Å². The number of ether oxygens (including phenoxy) is 2. The van der Waals surface area contributed by atoms with E-state index in [9.17, 15) is 4.79 Å². The molecule has 6 heteroatoms. The molecule has 0 amide bonds. The molecule has 0 saturated carbocycles. The maximum atomic E-state index is 11.3. The molecule has 0 aliphatic rings. The number of carbonyl (C=O) groups is 1. The number of hydrogen-bond acceptors (Lipinski definition) is 5. The van der Waals surface area contributed by atoms with Gasteiger partial charge in [-0.15, -0.1) is 0 Å². The largest absolute Gasteiger partial charge is 0.493 e. The Hall–Kier alpha value is -1.56. The fourth-order valence-corrected chi connectivity index (χ4v) is 1.25. The molecule has 90 valence electrons. The fourth-order valence-electron chi connectivity index (χ4n) is 1.25. The summed E-state index contributed by atoms with van der Waals surface area (Å²) in [4.78, 5) is 11.3. The number of rotatable bonds is 5. The molecule has 0 saturated heterocycles. The van der Waals surface area contributed by atoms with Gasteiger partial charge in [0.2, 0.25) is 0 Å². The SMILES string of the molecule is COC(=O)C(C)(N)CCn1cc(OC)cn1. The van der Waals surface area contributed by atoms with Gasteiger partial charge in [0.25, 0.3) is 0 Å². The Balaban J connectivity index is 2.53.